The quantitative estimate of drug-likeness (QED) is 0.507. The predicted octanol–water partition coefficient (Wildman–Crippen LogP) is 4.17. The molecule has 1 unspecified atom stereocenters. The lowest BCUT2D eigenvalue weighted by Gasteiger charge is -2.10. The molecule has 2 nitrogen and oxygen atoms in total. The normalized spacial score (nSPS) is 12.3. The minimum Gasteiger partial charge on any atom is -0.301 e. The first-order chi connectivity index (χ1) is 9.82. The molecule has 21 heavy (non-hydrogen) atoms. The Balaban J connectivity index is 2.45. The van der Waals surface area contributed by atoms with Crippen molar-refractivity contribution in [1.29, 1.82) is 0 Å². The van der Waals surface area contributed by atoms with Crippen LogP contribution in [0.5, 0.6) is 0 Å². The lowest BCUT2D eigenvalue weighted by atomic mass is 10.3. The van der Waals surface area contributed by atoms with Gasteiger partial charge < -0.3 is 4.72 Å². The van der Waals surface area contributed by atoms with Crippen LogP contribution in [0.25, 0.3) is 0 Å². The summed E-state index contributed by atoms with van der Waals surface area (Å²) in [5, 5.41) is 0.231. The zero-order chi connectivity index (χ0) is 15.7. The van der Waals surface area contributed by atoms with Crippen molar-refractivity contribution in [2.24, 2.45) is 0 Å². The molecular weight excluding hydrogens is 337 g/mol. The van der Waals surface area contributed by atoms with Crippen LogP contribution in [0.2, 0.25) is 5.02 Å². The number of hydrogen-bond donors (Lipinski definition) is 1. The summed E-state index contributed by atoms with van der Waals surface area (Å²) in [5.41, 5.74) is 0.0878. The summed E-state index contributed by atoms with van der Waals surface area (Å²) in [7, 11) is -2.70. The van der Waals surface area contributed by atoms with Gasteiger partial charge in [-0.25, -0.2) is 26.2 Å². The zero-order valence-corrected chi connectivity index (χ0v) is 11.5. The molecule has 0 saturated carbocycles. The van der Waals surface area contributed by atoms with Gasteiger partial charge in [-0.2, -0.15) is 0 Å². The van der Waals surface area contributed by atoms with Gasteiger partial charge in [0.15, 0.2) is 34.3 Å². The van der Waals surface area contributed by atoms with Crippen molar-refractivity contribution in [3.63, 3.8) is 0 Å². The summed E-state index contributed by atoms with van der Waals surface area (Å²) < 4.78 is 79.7. The molecule has 0 aliphatic carbocycles. The highest BCUT2D eigenvalue weighted by Gasteiger charge is 2.29. The van der Waals surface area contributed by atoms with Crippen LogP contribution in [0.15, 0.2) is 29.2 Å². The first kappa shape index (κ1) is 15.7. The summed E-state index contributed by atoms with van der Waals surface area (Å²) in [5.74, 6) is -10.9. The molecule has 0 bridgehead atoms. The number of anilines is 1. The van der Waals surface area contributed by atoms with E-state index in [0.29, 0.717) is 0 Å². The molecule has 0 heterocycles. The Morgan fingerprint density at radius 3 is 1.95 bits per heavy atom. The van der Waals surface area contributed by atoms with E-state index in [1.165, 1.54) is 24.3 Å². The van der Waals surface area contributed by atoms with E-state index in [-0.39, 0.29) is 10.7 Å². The largest absolute Gasteiger partial charge is 0.301 e. The highest BCUT2D eigenvalue weighted by Crippen LogP contribution is 2.26. The Hall–Kier alpha value is -1.67. The summed E-state index contributed by atoms with van der Waals surface area (Å²) in [6, 6.07) is 5.55. The smallest absolute Gasteiger partial charge is 0.200 e. The monoisotopic (exact) mass is 341 g/mol. The third kappa shape index (κ3) is 3.01. The van der Waals surface area contributed by atoms with Gasteiger partial charge in [0, 0.05) is 10.7 Å². The van der Waals surface area contributed by atoms with E-state index in [4.69, 9.17) is 11.6 Å². The fraction of sp³-hybridized carbons (Fsp3) is 0. The minimum absolute atomic E-state index is 0.0878. The van der Waals surface area contributed by atoms with E-state index in [0.717, 1.165) is 0 Å². The zero-order valence-electron chi connectivity index (χ0n) is 9.89. The highest BCUT2D eigenvalue weighted by atomic mass is 35.5. The Morgan fingerprint density at radius 2 is 1.43 bits per heavy atom. The van der Waals surface area contributed by atoms with E-state index >= 15 is 0 Å². The minimum atomic E-state index is -2.70. The highest BCUT2D eigenvalue weighted by molar-refractivity contribution is 7.86. The molecule has 0 radical (unpaired) electrons. The maximum absolute atomic E-state index is 13.5. The van der Waals surface area contributed by atoms with Crippen molar-refractivity contribution >= 4 is 28.3 Å². The lowest BCUT2D eigenvalue weighted by molar-refractivity contribution is 0.359. The summed E-state index contributed by atoms with van der Waals surface area (Å²) in [6.45, 7) is 0. The van der Waals surface area contributed by atoms with Crippen LogP contribution in [-0.2, 0) is 11.0 Å². The van der Waals surface area contributed by atoms with E-state index in [1.54, 1.807) is 0 Å². The molecule has 1 N–H and O–H groups in total. The molecule has 1 atom stereocenters. The number of halogens is 6. The molecule has 9 heteroatoms. The summed E-state index contributed by atoms with van der Waals surface area (Å²) >= 11 is 5.65. The molecule has 2 rings (SSSR count). The molecule has 0 saturated heterocycles. The fourth-order valence-electron chi connectivity index (χ4n) is 1.46. The van der Waals surface area contributed by atoms with Crippen LogP contribution in [-0.4, -0.2) is 4.21 Å². The average molecular weight is 342 g/mol. The standard InChI is InChI=1S/C12H5ClF5NOS/c13-5-2-1-3-6(4-5)19-21(20)12-10(17)8(15)7(14)9(16)11(12)18/h1-4,19H. The van der Waals surface area contributed by atoms with E-state index in [9.17, 15) is 26.2 Å². The van der Waals surface area contributed by atoms with Crippen molar-refractivity contribution in [3.8, 4) is 0 Å². The second kappa shape index (κ2) is 5.98. The summed E-state index contributed by atoms with van der Waals surface area (Å²) in [4.78, 5) is -1.45. The van der Waals surface area contributed by atoms with Crippen LogP contribution in [0, 0.1) is 29.1 Å². The van der Waals surface area contributed by atoms with Crippen molar-refractivity contribution in [2.45, 2.75) is 4.90 Å². The predicted molar refractivity (Wildman–Crippen MR) is 67.7 cm³/mol. The van der Waals surface area contributed by atoms with Gasteiger partial charge in [-0.05, 0) is 18.2 Å². The third-order valence-electron chi connectivity index (χ3n) is 2.39. The van der Waals surface area contributed by atoms with Crippen LogP contribution < -0.4 is 4.72 Å². The van der Waals surface area contributed by atoms with Crippen molar-refractivity contribution < 1.29 is 26.2 Å². The molecule has 0 amide bonds. The van der Waals surface area contributed by atoms with Gasteiger partial charge in [-0.1, -0.05) is 17.7 Å². The van der Waals surface area contributed by atoms with Gasteiger partial charge in [0.2, 0.25) is 5.82 Å². The molecule has 0 aliphatic heterocycles. The molecule has 0 aromatic heterocycles. The van der Waals surface area contributed by atoms with Crippen LogP contribution in [0.1, 0.15) is 0 Å². The molecule has 2 aromatic rings. The number of hydrogen-bond acceptors (Lipinski definition) is 1. The van der Waals surface area contributed by atoms with Crippen molar-refractivity contribution in [1.82, 2.24) is 0 Å². The fourth-order valence-corrected chi connectivity index (χ4v) is 2.60. The average Bonchev–Trinajstić information content (AvgIpc) is 2.43. The molecule has 2 aromatic carbocycles. The van der Waals surface area contributed by atoms with Crippen LogP contribution in [0.3, 0.4) is 0 Å². The molecule has 0 fully saturated rings. The van der Waals surface area contributed by atoms with Crippen molar-refractivity contribution in [2.75, 3.05) is 4.72 Å². The van der Waals surface area contributed by atoms with Gasteiger partial charge in [0.25, 0.3) is 0 Å². The van der Waals surface area contributed by atoms with E-state index in [1.807, 2.05) is 0 Å². The summed E-state index contributed by atoms with van der Waals surface area (Å²) in [6.07, 6.45) is 0. The van der Waals surface area contributed by atoms with Crippen molar-refractivity contribution in [3.05, 3.63) is 58.4 Å². The van der Waals surface area contributed by atoms with E-state index in [2.05, 4.69) is 4.72 Å². The van der Waals surface area contributed by atoms with Gasteiger partial charge in [-0.15, -0.1) is 0 Å². The van der Waals surface area contributed by atoms with E-state index < -0.39 is 45.0 Å². The Kier molecular flexibility index (Phi) is 4.48. The molecular formula is C12H5ClF5NOS. The maximum Gasteiger partial charge on any atom is 0.200 e. The number of rotatable bonds is 3. The van der Waals surface area contributed by atoms with Gasteiger partial charge in [0.1, 0.15) is 4.90 Å². The third-order valence-corrected chi connectivity index (χ3v) is 3.78. The molecule has 0 aliphatic rings. The Bertz CT molecular complexity index is 711. The lowest BCUT2D eigenvalue weighted by Crippen LogP contribution is -2.13. The van der Waals surface area contributed by atoms with Gasteiger partial charge in [0.05, 0.1) is 0 Å². The first-order valence-corrected chi connectivity index (χ1v) is 6.81. The van der Waals surface area contributed by atoms with Crippen LogP contribution >= 0.6 is 11.6 Å². The topological polar surface area (TPSA) is 29.1 Å². The first-order valence-electron chi connectivity index (χ1n) is 5.28. The Morgan fingerprint density at radius 1 is 0.905 bits per heavy atom. The number of nitrogens with one attached hydrogen (secondary N) is 1. The van der Waals surface area contributed by atoms with Crippen LogP contribution in [0.4, 0.5) is 27.6 Å². The second-order valence-electron chi connectivity index (χ2n) is 3.78. The second-order valence-corrected chi connectivity index (χ2v) is 5.37. The van der Waals surface area contributed by atoms with Gasteiger partial charge >= 0.3 is 0 Å². The molecule has 112 valence electrons. The number of benzene rings is 2. The molecule has 0 spiro atoms. The van der Waals surface area contributed by atoms with Gasteiger partial charge in [-0.3, -0.25) is 0 Å². The Labute approximate surface area is 123 Å². The SMILES string of the molecule is O=S(Nc1cccc(Cl)c1)c1c(F)c(F)c(F)c(F)c1F. The maximum atomic E-state index is 13.5.